The molecule has 86 valence electrons. The summed E-state index contributed by atoms with van der Waals surface area (Å²) in [5.74, 6) is -2.37. The molecule has 6 nitrogen and oxygen atoms in total. The molecule has 0 aliphatic heterocycles. The first kappa shape index (κ1) is 13.4. The number of rotatable bonds is 7. The van der Waals surface area contributed by atoms with Crippen molar-refractivity contribution in [1.29, 1.82) is 0 Å². The van der Waals surface area contributed by atoms with Gasteiger partial charge in [0.1, 0.15) is 6.04 Å². The number of nitrogens with one attached hydrogen (secondary N) is 1. The zero-order valence-corrected chi connectivity index (χ0v) is 8.66. The van der Waals surface area contributed by atoms with E-state index in [-0.39, 0.29) is 18.7 Å². The summed E-state index contributed by atoms with van der Waals surface area (Å²) in [5, 5.41) is 10.9. The summed E-state index contributed by atoms with van der Waals surface area (Å²) in [6, 6.07) is -1.22. The van der Waals surface area contributed by atoms with E-state index < -0.39 is 17.9 Å². The van der Waals surface area contributed by atoms with Gasteiger partial charge in [0.05, 0.1) is 6.42 Å². The van der Waals surface area contributed by atoms with E-state index in [4.69, 9.17) is 10.8 Å². The van der Waals surface area contributed by atoms with E-state index >= 15 is 0 Å². The molecule has 1 unspecified atom stereocenters. The molecule has 6 heteroatoms. The molecule has 15 heavy (non-hydrogen) atoms. The maximum absolute atomic E-state index is 11.2. The average Bonchev–Trinajstić information content (AvgIpc) is 2.12. The number of hydrogen-bond donors (Lipinski definition) is 3. The van der Waals surface area contributed by atoms with E-state index in [0.717, 1.165) is 6.42 Å². The average molecular weight is 216 g/mol. The fourth-order valence-electron chi connectivity index (χ4n) is 1.01. The lowest BCUT2D eigenvalue weighted by molar-refractivity contribution is -0.143. The number of carbonyl (C=O) groups is 3. The van der Waals surface area contributed by atoms with Crippen LogP contribution in [0.1, 0.15) is 32.6 Å². The molecule has 0 aliphatic rings. The molecule has 0 aromatic carbocycles. The highest BCUT2D eigenvalue weighted by Gasteiger charge is 2.21. The molecule has 0 bridgehead atoms. The molecule has 0 saturated heterocycles. The van der Waals surface area contributed by atoms with Crippen molar-refractivity contribution in [3.63, 3.8) is 0 Å². The zero-order chi connectivity index (χ0) is 11.8. The maximum atomic E-state index is 11.2. The van der Waals surface area contributed by atoms with Crippen LogP contribution in [0, 0.1) is 0 Å². The molecule has 0 fully saturated rings. The minimum Gasteiger partial charge on any atom is -0.480 e. The molecule has 0 aliphatic carbocycles. The molecule has 0 heterocycles. The summed E-state index contributed by atoms with van der Waals surface area (Å²) in [7, 11) is 0. The highest BCUT2D eigenvalue weighted by molar-refractivity contribution is 5.88. The lowest BCUT2D eigenvalue weighted by Crippen LogP contribution is -2.43. The number of aliphatic carboxylic acids is 1. The van der Waals surface area contributed by atoms with Gasteiger partial charge in [-0.3, -0.25) is 9.59 Å². The molecule has 0 radical (unpaired) electrons. The van der Waals surface area contributed by atoms with Crippen molar-refractivity contribution in [2.75, 3.05) is 0 Å². The number of carboxylic acid groups (broad SMARTS) is 1. The first-order valence-corrected chi connectivity index (χ1v) is 4.77. The Balaban J connectivity index is 4.10. The highest BCUT2D eigenvalue weighted by Crippen LogP contribution is 1.97. The minimum absolute atomic E-state index is 0.263. The highest BCUT2D eigenvalue weighted by atomic mass is 16.4. The normalized spacial score (nSPS) is 11.8. The topological polar surface area (TPSA) is 109 Å². The second-order valence-corrected chi connectivity index (χ2v) is 3.23. The van der Waals surface area contributed by atoms with Crippen LogP contribution in [-0.2, 0) is 14.4 Å². The molecule has 0 saturated carbocycles. The molecule has 0 aromatic heterocycles. The summed E-state index contributed by atoms with van der Waals surface area (Å²) in [5.41, 5.74) is 4.85. The summed E-state index contributed by atoms with van der Waals surface area (Å²) in [6.45, 7) is 1.92. The van der Waals surface area contributed by atoms with Gasteiger partial charge in [-0.05, 0) is 6.42 Å². The second kappa shape index (κ2) is 6.80. The second-order valence-electron chi connectivity index (χ2n) is 3.23. The zero-order valence-electron chi connectivity index (χ0n) is 8.66. The molecular weight excluding hydrogens is 200 g/mol. The van der Waals surface area contributed by atoms with E-state index in [1.807, 2.05) is 6.92 Å². The summed E-state index contributed by atoms with van der Waals surface area (Å²) < 4.78 is 0. The summed E-state index contributed by atoms with van der Waals surface area (Å²) >= 11 is 0. The van der Waals surface area contributed by atoms with E-state index in [0.29, 0.717) is 6.42 Å². The Morgan fingerprint density at radius 3 is 2.40 bits per heavy atom. The first-order chi connectivity index (χ1) is 6.97. The van der Waals surface area contributed by atoms with Gasteiger partial charge >= 0.3 is 5.97 Å². The van der Waals surface area contributed by atoms with Crippen molar-refractivity contribution in [1.82, 2.24) is 5.32 Å². The van der Waals surface area contributed by atoms with Crippen molar-refractivity contribution in [3.8, 4) is 0 Å². The number of amides is 2. The Kier molecular flexibility index (Phi) is 6.08. The fourth-order valence-corrected chi connectivity index (χ4v) is 1.01. The van der Waals surface area contributed by atoms with Crippen molar-refractivity contribution >= 4 is 17.8 Å². The third kappa shape index (κ3) is 6.48. The number of unbranched alkanes of at least 4 members (excludes halogenated alkanes) is 1. The van der Waals surface area contributed by atoms with Crippen LogP contribution in [-0.4, -0.2) is 28.9 Å². The molecular formula is C9H16N2O4. The van der Waals surface area contributed by atoms with Gasteiger partial charge < -0.3 is 16.2 Å². The Morgan fingerprint density at radius 1 is 1.40 bits per heavy atom. The van der Waals surface area contributed by atoms with Gasteiger partial charge in [-0.2, -0.15) is 0 Å². The minimum atomic E-state index is -1.25. The van der Waals surface area contributed by atoms with Crippen LogP contribution >= 0.6 is 0 Å². The van der Waals surface area contributed by atoms with Crippen LogP contribution in [0.3, 0.4) is 0 Å². The monoisotopic (exact) mass is 216 g/mol. The van der Waals surface area contributed by atoms with Crippen LogP contribution in [0.4, 0.5) is 0 Å². The lowest BCUT2D eigenvalue weighted by Gasteiger charge is -2.12. The largest absolute Gasteiger partial charge is 0.480 e. The lowest BCUT2D eigenvalue weighted by atomic mass is 10.2. The van der Waals surface area contributed by atoms with Crippen LogP contribution in [0.15, 0.2) is 0 Å². The molecule has 2 amide bonds. The number of carboxylic acids is 1. The Labute approximate surface area is 87.8 Å². The number of hydrogen-bond acceptors (Lipinski definition) is 3. The molecule has 0 spiro atoms. The number of primary amides is 1. The SMILES string of the molecule is CCCCC(=O)NC(CC(N)=O)C(=O)O. The quantitative estimate of drug-likeness (QED) is 0.538. The van der Waals surface area contributed by atoms with Gasteiger partial charge in [0.2, 0.25) is 11.8 Å². The van der Waals surface area contributed by atoms with Crippen molar-refractivity contribution < 1.29 is 19.5 Å². The van der Waals surface area contributed by atoms with Gasteiger partial charge in [0, 0.05) is 6.42 Å². The Bertz CT molecular complexity index is 252. The van der Waals surface area contributed by atoms with Gasteiger partial charge in [-0.15, -0.1) is 0 Å². The van der Waals surface area contributed by atoms with Crippen molar-refractivity contribution in [2.24, 2.45) is 5.73 Å². The van der Waals surface area contributed by atoms with Gasteiger partial charge in [-0.25, -0.2) is 4.79 Å². The van der Waals surface area contributed by atoms with Gasteiger partial charge in [0.25, 0.3) is 0 Å². The first-order valence-electron chi connectivity index (χ1n) is 4.77. The Morgan fingerprint density at radius 2 is 2.00 bits per heavy atom. The third-order valence-corrected chi connectivity index (χ3v) is 1.80. The maximum Gasteiger partial charge on any atom is 0.326 e. The van der Waals surface area contributed by atoms with Crippen molar-refractivity contribution in [3.05, 3.63) is 0 Å². The molecule has 4 N–H and O–H groups in total. The standard InChI is InChI=1S/C9H16N2O4/c1-2-3-4-8(13)11-6(9(14)15)5-7(10)12/h6H,2-5H2,1H3,(H2,10,12)(H,11,13)(H,14,15). The predicted molar refractivity (Wildman–Crippen MR) is 52.9 cm³/mol. The Hall–Kier alpha value is -1.59. The van der Waals surface area contributed by atoms with Gasteiger partial charge in [0.15, 0.2) is 0 Å². The fraction of sp³-hybridized carbons (Fsp3) is 0.667. The van der Waals surface area contributed by atoms with Crippen LogP contribution in [0.25, 0.3) is 0 Å². The molecule has 0 rings (SSSR count). The van der Waals surface area contributed by atoms with E-state index in [1.165, 1.54) is 0 Å². The van der Waals surface area contributed by atoms with Crippen LogP contribution < -0.4 is 11.1 Å². The smallest absolute Gasteiger partial charge is 0.326 e. The van der Waals surface area contributed by atoms with Gasteiger partial charge in [-0.1, -0.05) is 13.3 Å². The number of carbonyl (C=O) groups excluding carboxylic acids is 2. The van der Waals surface area contributed by atoms with Crippen LogP contribution in [0.2, 0.25) is 0 Å². The molecule has 0 aromatic rings. The van der Waals surface area contributed by atoms with E-state index in [9.17, 15) is 14.4 Å². The summed E-state index contributed by atoms with van der Waals surface area (Å²) in [4.78, 5) is 32.3. The van der Waals surface area contributed by atoms with Crippen molar-refractivity contribution in [2.45, 2.75) is 38.6 Å². The summed E-state index contributed by atoms with van der Waals surface area (Å²) in [6.07, 6.45) is 1.42. The van der Waals surface area contributed by atoms with E-state index in [2.05, 4.69) is 5.32 Å². The molecule has 1 atom stereocenters. The van der Waals surface area contributed by atoms with Crippen LogP contribution in [0.5, 0.6) is 0 Å². The van der Waals surface area contributed by atoms with E-state index in [1.54, 1.807) is 0 Å². The predicted octanol–water partition coefficient (Wildman–Crippen LogP) is -0.379. The third-order valence-electron chi connectivity index (χ3n) is 1.80. The number of nitrogens with two attached hydrogens (primary N) is 1.